The fourth-order valence-corrected chi connectivity index (χ4v) is 3.02. The largest absolute Gasteiger partial charge is 0.352 e. The third kappa shape index (κ3) is 4.84. The van der Waals surface area contributed by atoms with E-state index in [9.17, 15) is 9.59 Å². The minimum absolute atomic E-state index is 0.223. The van der Waals surface area contributed by atoms with E-state index in [4.69, 9.17) is 11.6 Å². The molecule has 2 heterocycles. The molecule has 2 aromatic heterocycles. The van der Waals surface area contributed by atoms with E-state index in [-0.39, 0.29) is 5.91 Å². The van der Waals surface area contributed by atoms with Crippen LogP contribution in [0.1, 0.15) is 39.4 Å². The van der Waals surface area contributed by atoms with Gasteiger partial charge in [0.2, 0.25) is 0 Å². The molecule has 3 aromatic rings. The van der Waals surface area contributed by atoms with Gasteiger partial charge in [0.25, 0.3) is 5.91 Å². The molecule has 0 aliphatic carbocycles. The molecular formula is C21H21ClN4O2. The summed E-state index contributed by atoms with van der Waals surface area (Å²) < 4.78 is 2.09. The number of hydrogen-bond acceptors (Lipinski definition) is 4. The van der Waals surface area contributed by atoms with Gasteiger partial charge in [-0.15, -0.1) is 0 Å². The Balaban J connectivity index is 1.48. The van der Waals surface area contributed by atoms with Gasteiger partial charge in [0.05, 0.1) is 5.69 Å². The zero-order valence-electron chi connectivity index (χ0n) is 15.6. The number of unbranched alkanes of at least 4 members (excludes halogenated alkanes) is 1. The number of hydrogen-bond donors (Lipinski definition) is 1. The van der Waals surface area contributed by atoms with Crippen molar-refractivity contribution in [1.29, 1.82) is 0 Å². The topological polar surface area (TPSA) is 76.9 Å². The van der Waals surface area contributed by atoms with Crippen LogP contribution in [0.25, 0.3) is 11.3 Å². The van der Waals surface area contributed by atoms with E-state index in [1.807, 2.05) is 19.2 Å². The average Bonchev–Trinajstić information content (AvgIpc) is 3.08. The second kappa shape index (κ2) is 9.28. The standard InChI is InChI=1S/C21H21ClN4O2/c1-15-25-19(16-8-9-20(22)24-12-16)13-26(15)11-5-4-10-23-21(28)18-7-3-2-6-17(18)14-27/h2-3,6-9,12-14H,4-5,10-11H2,1H3,(H,23,28). The number of carbonyl (C=O) groups excluding carboxylic acids is 2. The van der Waals surface area contributed by atoms with Crippen LogP contribution in [-0.2, 0) is 6.54 Å². The summed E-state index contributed by atoms with van der Waals surface area (Å²) in [4.78, 5) is 31.9. The SMILES string of the molecule is Cc1nc(-c2ccc(Cl)nc2)cn1CCCCNC(=O)c1ccccc1C=O. The van der Waals surface area contributed by atoms with Gasteiger partial charge >= 0.3 is 0 Å². The van der Waals surface area contributed by atoms with E-state index in [1.165, 1.54) is 0 Å². The van der Waals surface area contributed by atoms with Gasteiger partial charge in [-0.2, -0.15) is 0 Å². The Bertz CT molecular complexity index is 967. The number of nitrogens with zero attached hydrogens (tertiary/aromatic N) is 3. The van der Waals surface area contributed by atoms with Crippen LogP contribution in [0.2, 0.25) is 5.15 Å². The molecule has 28 heavy (non-hydrogen) atoms. The van der Waals surface area contributed by atoms with E-state index in [2.05, 4.69) is 19.9 Å². The van der Waals surface area contributed by atoms with Gasteiger partial charge in [-0.05, 0) is 38.0 Å². The Kier molecular flexibility index (Phi) is 6.55. The Hall–Kier alpha value is -2.99. The minimum Gasteiger partial charge on any atom is -0.352 e. The second-order valence-corrected chi connectivity index (χ2v) is 6.79. The van der Waals surface area contributed by atoms with E-state index in [0.717, 1.165) is 36.5 Å². The molecule has 0 spiro atoms. The van der Waals surface area contributed by atoms with Crippen molar-refractivity contribution in [3.8, 4) is 11.3 Å². The van der Waals surface area contributed by atoms with Crippen molar-refractivity contribution in [2.75, 3.05) is 6.54 Å². The van der Waals surface area contributed by atoms with Crippen molar-refractivity contribution in [3.05, 3.63) is 70.9 Å². The third-order valence-corrected chi connectivity index (χ3v) is 4.67. The van der Waals surface area contributed by atoms with Crippen molar-refractivity contribution in [2.24, 2.45) is 0 Å². The van der Waals surface area contributed by atoms with Gasteiger partial charge < -0.3 is 9.88 Å². The summed E-state index contributed by atoms with van der Waals surface area (Å²) in [5.74, 6) is 0.702. The first-order valence-electron chi connectivity index (χ1n) is 9.06. The van der Waals surface area contributed by atoms with Crippen LogP contribution in [-0.4, -0.2) is 33.3 Å². The highest BCUT2D eigenvalue weighted by atomic mass is 35.5. The maximum Gasteiger partial charge on any atom is 0.252 e. The zero-order chi connectivity index (χ0) is 19.9. The Morgan fingerprint density at radius 1 is 1.21 bits per heavy atom. The summed E-state index contributed by atoms with van der Waals surface area (Å²) in [6, 6.07) is 10.4. The number of benzene rings is 1. The number of aromatic nitrogens is 3. The van der Waals surface area contributed by atoms with Gasteiger partial charge in [-0.1, -0.05) is 29.8 Å². The van der Waals surface area contributed by atoms with E-state index < -0.39 is 0 Å². The predicted molar refractivity (Wildman–Crippen MR) is 109 cm³/mol. The molecule has 0 fully saturated rings. The van der Waals surface area contributed by atoms with Gasteiger partial charge in [0.1, 0.15) is 11.0 Å². The van der Waals surface area contributed by atoms with E-state index in [1.54, 1.807) is 36.5 Å². The molecule has 1 amide bonds. The summed E-state index contributed by atoms with van der Waals surface area (Å²) in [6.07, 6.45) is 6.13. The lowest BCUT2D eigenvalue weighted by Gasteiger charge is -2.08. The van der Waals surface area contributed by atoms with Crippen LogP contribution in [0.5, 0.6) is 0 Å². The molecule has 1 aromatic carbocycles. The van der Waals surface area contributed by atoms with Crippen molar-refractivity contribution >= 4 is 23.8 Å². The smallest absolute Gasteiger partial charge is 0.252 e. The number of carbonyl (C=O) groups is 2. The Morgan fingerprint density at radius 2 is 2.04 bits per heavy atom. The summed E-state index contributed by atoms with van der Waals surface area (Å²) in [6.45, 7) is 3.32. The van der Waals surface area contributed by atoms with Crippen LogP contribution < -0.4 is 5.32 Å². The van der Waals surface area contributed by atoms with E-state index >= 15 is 0 Å². The molecule has 1 N–H and O–H groups in total. The lowest BCUT2D eigenvalue weighted by molar-refractivity contribution is 0.0947. The summed E-state index contributed by atoms with van der Waals surface area (Å²) in [5.41, 5.74) is 2.59. The molecule has 0 atom stereocenters. The normalized spacial score (nSPS) is 10.6. The molecule has 0 aliphatic heterocycles. The number of imidazole rings is 1. The highest BCUT2D eigenvalue weighted by Gasteiger charge is 2.10. The molecule has 0 bridgehead atoms. The molecule has 144 valence electrons. The lowest BCUT2D eigenvalue weighted by Crippen LogP contribution is -2.25. The van der Waals surface area contributed by atoms with Crippen LogP contribution in [0.4, 0.5) is 0 Å². The van der Waals surface area contributed by atoms with E-state index in [0.29, 0.717) is 29.1 Å². The number of pyridine rings is 1. The summed E-state index contributed by atoms with van der Waals surface area (Å²) >= 11 is 5.83. The number of halogens is 1. The first-order chi connectivity index (χ1) is 13.6. The van der Waals surface area contributed by atoms with Crippen molar-refractivity contribution in [1.82, 2.24) is 19.9 Å². The number of aldehydes is 1. The molecule has 7 heteroatoms. The molecule has 0 radical (unpaired) electrons. The molecule has 0 saturated heterocycles. The van der Waals surface area contributed by atoms with Crippen molar-refractivity contribution < 1.29 is 9.59 Å². The van der Waals surface area contributed by atoms with Crippen LogP contribution >= 0.6 is 11.6 Å². The number of amides is 1. The van der Waals surface area contributed by atoms with Gasteiger partial charge in [0.15, 0.2) is 6.29 Å². The van der Waals surface area contributed by atoms with Crippen LogP contribution in [0.3, 0.4) is 0 Å². The number of nitrogens with one attached hydrogen (secondary N) is 1. The van der Waals surface area contributed by atoms with Gasteiger partial charge in [-0.3, -0.25) is 9.59 Å². The molecule has 0 aliphatic rings. The number of aryl methyl sites for hydroxylation is 2. The monoisotopic (exact) mass is 396 g/mol. The highest BCUT2D eigenvalue weighted by molar-refractivity contribution is 6.29. The second-order valence-electron chi connectivity index (χ2n) is 6.40. The van der Waals surface area contributed by atoms with Crippen molar-refractivity contribution in [2.45, 2.75) is 26.3 Å². The number of rotatable bonds is 8. The van der Waals surface area contributed by atoms with Crippen LogP contribution in [0.15, 0.2) is 48.8 Å². The fraction of sp³-hybridized carbons (Fsp3) is 0.238. The van der Waals surface area contributed by atoms with Crippen molar-refractivity contribution in [3.63, 3.8) is 0 Å². The molecule has 0 saturated carbocycles. The maximum absolute atomic E-state index is 12.2. The summed E-state index contributed by atoms with van der Waals surface area (Å²) in [5, 5.41) is 3.32. The van der Waals surface area contributed by atoms with Gasteiger partial charge in [-0.25, -0.2) is 9.97 Å². The predicted octanol–water partition coefficient (Wildman–Crippen LogP) is 3.93. The summed E-state index contributed by atoms with van der Waals surface area (Å²) in [7, 11) is 0. The van der Waals surface area contributed by atoms with Crippen LogP contribution in [0, 0.1) is 6.92 Å². The third-order valence-electron chi connectivity index (χ3n) is 4.44. The first-order valence-corrected chi connectivity index (χ1v) is 9.44. The Morgan fingerprint density at radius 3 is 2.79 bits per heavy atom. The fourth-order valence-electron chi connectivity index (χ4n) is 2.91. The lowest BCUT2D eigenvalue weighted by atomic mass is 10.1. The highest BCUT2D eigenvalue weighted by Crippen LogP contribution is 2.19. The average molecular weight is 397 g/mol. The maximum atomic E-state index is 12.2. The molecule has 0 unspecified atom stereocenters. The minimum atomic E-state index is -0.223. The first kappa shape index (κ1) is 19.8. The molecule has 3 rings (SSSR count). The van der Waals surface area contributed by atoms with Gasteiger partial charge in [0, 0.05) is 42.2 Å². The zero-order valence-corrected chi connectivity index (χ0v) is 16.3. The molecule has 6 nitrogen and oxygen atoms in total. The quantitative estimate of drug-likeness (QED) is 0.355. The Labute approximate surface area is 168 Å². The molecular weight excluding hydrogens is 376 g/mol.